The van der Waals surface area contributed by atoms with E-state index in [2.05, 4.69) is 10.6 Å². The molecule has 0 aliphatic heterocycles. The first-order valence-electron chi connectivity index (χ1n) is 6.89. The van der Waals surface area contributed by atoms with Gasteiger partial charge in [0.05, 0.1) is 0 Å². The van der Waals surface area contributed by atoms with E-state index in [1.165, 1.54) is 6.92 Å². The van der Waals surface area contributed by atoms with Gasteiger partial charge in [0.25, 0.3) is 0 Å². The van der Waals surface area contributed by atoms with Crippen molar-refractivity contribution in [3.8, 4) is 0 Å². The molecule has 0 saturated heterocycles. The molecule has 1 atom stereocenters. The van der Waals surface area contributed by atoms with Gasteiger partial charge in [-0.1, -0.05) is 6.07 Å². The summed E-state index contributed by atoms with van der Waals surface area (Å²) in [5.74, 6) is -0.159. The minimum Gasteiger partial charge on any atom is -0.383 e. The SMILES string of the molecule is CC(=O)Nc1cc(NC(C)CCCC(F)(F)F)ccc1C. The molecule has 118 valence electrons. The molecule has 0 saturated carbocycles. The molecule has 1 unspecified atom stereocenters. The minimum absolute atomic E-state index is 0.0692. The van der Waals surface area contributed by atoms with E-state index in [1.807, 2.05) is 26.0 Å². The Morgan fingerprint density at radius 1 is 1.33 bits per heavy atom. The number of aryl methyl sites for hydroxylation is 1. The van der Waals surface area contributed by atoms with Gasteiger partial charge in [0.2, 0.25) is 5.91 Å². The quantitative estimate of drug-likeness (QED) is 0.813. The Morgan fingerprint density at radius 2 is 2.00 bits per heavy atom. The van der Waals surface area contributed by atoms with Gasteiger partial charge in [0.15, 0.2) is 0 Å². The highest BCUT2D eigenvalue weighted by molar-refractivity contribution is 5.90. The summed E-state index contributed by atoms with van der Waals surface area (Å²) in [5, 5.41) is 5.87. The predicted octanol–water partition coefficient (Wildman–Crippen LogP) is 4.49. The highest BCUT2D eigenvalue weighted by Gasteiger charge is 2.26. The second-order valence-electron chi connectivity index (χ2n) is 5.26. The number of carbonyl (C=O) groups excluding carboxylic acids is 1. The third-order valence-electron chi connectivity index (χ3n) is 3.06. The van der Waals surface area contributed by atoms with Crippen molar-refractivity contribution in [3.05, 3.63) is 23.8 Å². The third kappa shape index (κ3) is 7.02. The van der Waals surface area contributed by atoms with Crippen molar-refractivity contribution in [2.24, 2.45) is 0 Å². The maximum Gasteiger partial charge on any atom is 0.389 e. The smallest absolute Gasteiger partial charge is 0.383 e. The fourth-order valence-corrected chi connectivity index (χ4v) is 2.00. The number of halogens is 3. The van der Waals surface area contributed by atoms with Crippen LogP contribution in [0.15, 0.2) is 18.2 Å². The summed E-state index contributed by atoms with van der Waals surface area (Å²) in [5.41, 5.74) is 2.42. The molecule has 0 aliphatic carbocycles. The van der Waals surface area contributed by atoms with Gasteiger partial charge in [-0.15, -0.1) is 0 Å². The number of alkyl halides is 3. The van der Waals surface area contributed by atoms with Crippen LogP contribution < -0.4 is 10.6 Å². The van der Waals surface area contributed by atoms with E-state index in [-0.39, 0.29) is 18.4 Å². The molecule has 3 nitrogen and oxygen atoms in total. The molecule has 1 aromatic carbocycles. The van der Waals surface area contributed by atoms with Gasteiger partial charge in [0, 0.05) is 30.8 Å². The monoisotopic (exact) mass is 302 g/mol. The molecule has 0 heterocycles. The van der Waals surface area contributed by atoms with Crippen LogP contribution in [0, 0.1) is 6.92 Å². The van der Waals surface area contributed by atoms with Crippen LogP contribution in [0.25, 0.3) is 0 Å². The Labute approximate surface area is 122 Å². The summed E-state index contributed by atoms with van der Waals surface area (Å²) < 4.78 is 36.3. The van der Waals surface area contributed by atoms with Gasteiger partial charge in [-0.3, -0.25) is 4.79 Å². The number of rotatable bonds is 6. The molecule has 0 radical (unpaired) electrons. The maximum absolute atomic E-state index is 12.1. The van der Waals surface area contributed by atoms with Gasteiger partial charge in [0.1, 0.15) is 0 Å². The van der Waals surface area contributed by atoms with Crippen LogP contribution in [0.2, 0.25) is 0 Å². The van der Waals surface area contributed by atoms with Crippen molar-refractivity contribution in [3.63, 3.8) is 0 Å². The lowest BCUT2D eigenvalue weighted by atomic mass is 10.1. The second kappa shape index (κ2) is 7.33. The lowest BCUT2D eigenvalue weighted by molar-refractivity contribution is -0.135. The Hall–Kier alpha value is -1.72. The van der Waals surface area contributed by atoms with E-state index >= 15 is 0 Å². The summed E-state index contributed by atoms with van der Waals surface area (Å²) in [6.07, 6.45) is -4.32. The number of anilines is 2. The van der Waals surface area contributed by atoms with Crippen LogP contribution >= 0.6 is 0 Å². The Kier molecular flexibility index (Phi) is 6.05. The third-order valence-corrected chi connectivity index (χ3v) is 3.06. The maximum atomic E-state index is 12.1. The fourth-order valence-electron chi connectivity index (χ4n) is 2.00. The first-order chi connectivity index (χ1) is 9.67. The van der Waals surface area contributed by atoms with Crippen LogP contribution in [0.4, 0.5) is 24.5 Å². The largest absolute Gasteiger partial charge is 0.389 e. The molecule has 1 amide bonds. The highest BCUT2D eigenvalue weighted by atomic mass is 19.4. The zero-order valence-electron chi connectivity index (χ0n) is 12.5. The van der Waals surface area contributed by atoms with E-state index in [9.17, 15) is 18.0 Å². The van der Waals surface area contributed by atoms with E-state index < -0.39 is 12.6 Å². The molecule has 0 bridgehead atoms. The first-order valence-corrected chi connectivity index (χ1v) is 6.89. The summed E-state index contributed by atoms with van der Waals surface area (Å²) in [7, 11) is 0. The van der Waals surface area contributed by atoms with E-state index in [0.29, 0.717) is 12.1 Å². The van der Waals surface area contributed by atoms with Crippen molar-refractivity contribution in [1.82, 2.24) is 0 Å². The number of benzene rings is 1. The van der Waals surface area contributed by atoms with Gasteiger partial charge in [-0.25, -0.2) is 0 Å². The highest BCUT2D eigenvalue weighted by Crippen LogP contribution is 2.24. The van der Waals surface area contributed by atoms with E-state index in [0.717, 1.165) is 11.3 Å². The molecule has 0 aromatic heterocycles. The summed E-state index contributed by atoms with van der Waals surface area (Å²) in [6.45, 7) is 5.15. The molecular formula is C15H21F3N2O. The van der Waals surface area contributed by atoms with Crippen molar-refractivity contribution < 1.29 is 18.0 Å². The van der Waals surface area contributed by atoms with Crippen molar-refractivity contribution in [1.29, 1.82) is 0 Å². The fraction of sp³-hybridized carbons (Fsp3) is 0.533. The zero-order chi connectivity index (χ0) is 16.0. The normalized spacial score (nSPS) is 12.9. The Balaban J connectivity index is 2.56. The molecule has 0 spiro atoms. The number of hydrogen-bond acceptors (Lipinski definition) is 2. The minimum atomic E-state index is -4.10. The molecule has 21 heavy (non-hydrogen) atoms. The molecule has 6 heteroatoms. The molecule has 1 aromatic rings. The van der Waals surface area contributed by atoms with E-state index in [1.54, 1.807) is 6.07 Å². The first kappa shape index (κ1) is 17.3. The van der Waals surface area contributed by atoms with Crippen LogP contribution in [-0.4, -0.2) is 18.1 Å². The molecular weight excluding hydrogens is 281 g/mol. The number of nitrogens with one attached hydrogen (secondary N) is 2. The average molecular weight is 302 g/mol. The predicted molar refractivity (Wildman–Crippen MR) is 78.5 cm³/mol. The Bertz CT molecular complexity index is 486. The van der Waals surface area contributed by atoms with Crippen LogP contribution in [0.1, 0.15) is 38.7 Å². The van der Waals surface area contributed by atoms with Crippen molar-refractivity contribution >= 4 is 17.3 Å². The van der Waals surface area contributed by atoms with Gasteiger partial charge in [-0.05, 0) is 44.4 Å². The number of amides is 1. The number of carbonyl (C=O) groups is 1. The topological polar surface area (TPSA) is 41.1 Å². The van der Waals surface area contributed by atoms with Gasteiger partial charge < -0.3 is 10.6 Å². The van der Waals surface area contributed by atoms with Crippen LogP contribution in [0.3, 0.4) is 0 Å². The van der Waals surface area contributed by atoms with Gasteiger partial charge in [-0.2, -0.15) is 13.2 Å². The average Bonchev–Trinajstić information content (AvgIpc) is 2.31. The van der Waals surface area contributed by atoms with Crippen molar-refractivity contribution in [2.45, 2.75) is 52.3 Å². The second-order valence-corrected chi connectivity index (χ2v) is 5.26. The van der Waals surface area contributed by atoms with E-state index in [4.69, 9.17) is 0 Å². The summed E-state index contributed by atoms with van der Waals surface area (Å²) in [6, 6.07) is 5.42. The molecule has 1 rings (SSSR count). The number of hydrogen-bond donors (Lipinski definition) is 2. The summed E-state index contributed by atoms with van der Waals surface area (Å²) in [4.78, 5) is 11.1. The van der Waals surface area contributed by atoms with Crippen molar-refractivity contribution in [2.75, 3.05) is 10.6 Å². The Morgan fingerprint density at radius 3 is 2.57 bits per heavy atom. The molecule has 0 fully saturated rings. The van der Waals surface area contributed by atoms with Gasteiger partial charge >= 0.3 is 6.18 Å². The molecule has 2 N–H and O–H groups in total. The zero-order valence-corrected chi connectivity index (χ0v) is 12.5. The standard InChI is InChI=1S/C15H21F3N2O/c1-10-6-7-13(9-14(10)20-12(3)21)19-11(2)5-4-8-15(16,17)18/h6-7,9,11,19H,4-5,8H2,1-3H3,(H,20,21). The molecule has 0 aliphatic rings. The van der Waals surface area contributed by atoms with Crippen LogP contribution in [-0.2, 0) is 4.79 Å². The lowest BCUT2D eigenvalue weighted by Gasteiger charge is -2.17. The lowest BCUT2D eigenvalue weighted by Crippen LogP contribution is -2.17. The van der Waals surface area contributed by atoms with Crippen LogP contribution in [0.5, 0.6) is 0 Å². The summed E-state index contributed by atoms with van der Waals surface area (Å²) >= 11 is 0.